The Morgan fingerprint density at radius 3 is 2.62 bits per heavy atom. The van der Waals surface area contributed by atoms with Crippen LogP contribution in [0.3, 0.4) is 0 Å². The van der Waals surface area contributed by atoms with E-state index in [1.807, 2.05) is 25.8 Å². The average Bonchev–Trinajstić information content (AvgIpc) is 2.24. The van der Waals surface area contributed by atoms with Crippen LogP contribution in [0.1, 0.15) is 19.4 Å². The highest BCUT2D eigenvalue weighted by Gasteiger charge is 2.23. The maximum absolute atomic E-state index is 13.2. The Morgan fingerprint density at radius 2 is 2.06 bits per heavy atom. The zero-order valence-corrected chi connectivity index (χ0v) is 10.6. The van der Waals surface area contributed by atoms with Crippen LogP contribution in [0.5, 0.6) is 0 Å². The minimum atomic E-state index is -0.408. The molecule has 4 heteroatoms. The molecule has 1 aromatic carbocycles. The lowest BCUT2D eigenvalue weighted by Gasteiger charge is -2.34. The van der Waals surface area contributed by atoms with Crippen molar-refractivity contribution < 1.29 is 9.50 Å². The first-order valence-electron chi connectivity index (χ1n) is 5.13. The van der Waals surface area contributed by atoms with Crippen LogP contribution in [0.2, 0.25) is 5.02 Å². The first-order chi connectivity index (χ1) is 7.38. The molecular formula is C12H17ClFNO. The molecule has 0 aliphatic heterocycles. The number of hydrogen-bond acceptors (Lipinski definition) is 2. The second kappa shape index (κ2) is 5.13. The fraction of sp³-hybridized carbons (Fsp3) is 0.500. The third kappa shape index (κ3) is 2.94. The van der Waals surface area contributed by atoms with Crippen LogP contribution in [-0.2, 0) is 6.54 Å². The van der Waals surface area contributed by atoms with Crippen LogP contribution in [-0.4, -0.2) is 29.2 Å². The summed E-state index contributed by atoms with van der Waals surface area (Å²) < 4.78 is 13.2. The van der Waals surface area contributed by atoms with Gasteiger partial charge in [-0.3, -0.25) is 4.90 Å². The Bertz CT molecular complexity index is 368. The van der Waals surface area contributed by atoms with Crippen molar-refractivity contribution in [3.63, 3.8) is 0 Å². The maximum atomic E-state index is 13.2. The van der Waals surface area contributed by atoms with Gasteiger partial charge in [0, 0.05) is 12.1 Å². The number of rotatable bonds is 4. The maximum Gasteiger partial charge on any atom is 0.142 e. The summed E-state index contributed by atoms with van der Waals surface area (Å²) in [6, 6.07) is 4.76. The summed E-state index contributed by atoms with van der Waals surface area (Å²) in [5, 5.41) is 9.37. The largest absolute Gasteiger partial charge is 0.394 e. The fourth-order valence-corrected chi connectivity index (χ4v) is 1.45. The van der Waals surface area contributed by atoms with Crippen LogP contribution >= 0.6 is 11.6 Å². The molecule has 0 unspecified atom stereocenters. The molecule has 0 amide bonds. The van der Waals surface area contributed by atoms with Crippen molar-refractivity contribution in [3.8, 4) is 0 Å². The van der Waals surface area contributed by atoms with Crippen molar-refractivity contribution in [2.24, 2.45) is 0 Å². The van der Waals surface area contributed by atoms with E-state index in [2.05, 4.69) is 0 Å². The third-order valence-corrected chi connectivity index (χ3v) is 3.28. The SMILES string of the molecule is CN(Cc1cccc(F)c1Cl)C(C)(C)CO. The van der Waals surface area contributed by atoms with Crippen molar-refractivity contribution in [1.29, 1.82) is 0 Å². The van der Waals surface area contributed by atoms with Gasteiger partial charge in [-0.15, -0.1) is 0 Å². The van der Waals surface area contributed by atoms with E-state index in [9.17, 15) is 9.50 Å². The number of aliphatic hydroxyl groups excluding tert-OH is 1. The quantitative estimate of drug-likeness (QED) is 0.882. The van der Waals surface area contributed by atoms with Gasteiger partial charge in [0.2, 0.25) is 0 Å². The highest BCUT2D eigenvalue weighted by atomic mass is 35.5. The highest BCUT2D eigenvalue weighted by molar-refractivity contribution is 6.31. The second-order valence-electron chi connectivity index (χ2n) is 4.54. The minimum Gasteiger partial charge on any atom is -0.394 e. The molecule has 90 valence electrons. The van der Waals surface area contributed by atoms with Gasteiger partial charge >= 0.3 is 0 Å². The average molecular weight is 246 g/mol. The Morgan fingerprint density at radius 1 is 1.44 bits per heavy atom. The Labute approximate surface area is 101 Å². The van der Waals surface area contributed by atoms with E-state index in [-0.39, 0.29) is 17.2 Å². The molecule has 1 aromatic rings. The van der Waals surface area contributed by atoms with Crippen LogP contribution in [0.15, 0.2) is 18.2 Å². The first kappa shape index (κ1) is 13.4. The normalized spacial score (nSPS) is 12.2. The number of likely N-dealkylation sites (N-methyl/N-ethyl adjacent to an activating group) is 1. The zero-order chi connectivity index (χ0) is 12.3. The van der Waals surface area contributed by atoms with Gasteiger partial charge in [0.05, 0.1) is 11.6 Å². The second-order valence-corrected chi connectivity index (χ2v) is 4.92. The smallest absolute Gasteiger partial charge is 0.142 e. The van der Waals surface area contributed by atoms with Crippen LogP contribution in [0.25, 0.3) is 0 Å². The Hall–Kier alpha value is -0.640. The van der Waals surface area contributed by atoms with Gasteiger partial charge in [0.15, 0.2) is 0 Å². The van der Waals surface area contributed by atoms with Crippen molar-refractivity contribution in [1.82, 2.24) is 4.90 Å². The van der Waals surface area contributed by atoms with Crippen molar-refractivity contribution in [2.75, 3.05) is 13.7 Å². The van der Waals surface area contributed by atoms with E-state index >= 15 is 0 Å². The minimum absolute atomic E-state index is 0.0381. The molecule has 0 saturated heterocycles. The van der Waals surface area contributed by atoms with Crippen LogP contribution < -0.4 is 0 Å². The first-order valence-corrected chi connectivity index (χ1v) is 5.51. The lowest BCUT2D eigenvalue weighted by Crippen LogP contribution is -2.43. The molecular weight excluding hydrogens is 229 g/mol. The van der Waals surface area contributed by atoms with E-state index < -0.39 is 5.82 Å². The molecule has 0 aliphatic carbocycles. The number of nitrogens with zero attached hydrogens (tertiary/aromatic N) is 1. The van der Waals surface area contributed by atoms with E-state index in [4.69, 9.17) is 11.6 Å². The number of halogens is 2. The van der Waals surface area contributed by atoms with Gasteiger partial charge in [0.25, 0.3) is 0 Å². The molecule has 0 heterocycles. The fourth-order valence-electron chi connectivity index (χ4n) is 1.26. The summed E-state index contributed by atoms with van der Waals surface area (Å²) in [4.78, 5) is 1.94. The summed E-state index contributed by atoms with van der Waals surface area (Å²) in [6.07, 6.45) is 0. The summed E-state index contributed by atoms with van der Waals surface area (Å²) in [7, 11) is 1.87. The molecule has 1 rings (SSSR count). The van der Waals surface area contributed by atoms with Gasteiger partial charge in [-0.25, -0.2) is 4.39 Å². The van der Waals surface area contributed by atoms with Crippen LogP contribution in [0.4, 0.5) is 4.39 Å². The van der Waals surface area contributed by atoms with E-state index in [0.29, 0.717) is 6.54 Å². The molecule has 0 atom stereocenters. The summed E-state index contributed by atoms with van der Waals surface area (Å²) in [6.45, 7) is 4.38. The Balaban J connectivity index is 2.85. The molecule has 0 radical (unpaired) electrons. The molecule has 1 N–H and O–H groups in total. The summed E-state index contributed by atoms with van der Waals surface area (Å²) in [5.41, 5.74) is 0.376. The number of aliphatic hydroxyl groups is 1. The molecule has 0 spiro atoms. The predicted octanol–water partition coefficient (Wildman–Crippen LogP) is 2.68. The van der Waals surface area contributed by atoms with Crippen molar-refractivity contribution >= 4 is 11.6 Å². The zero-order valence-electron chi connectivity index (χ0n) is 9.80. The van der Waals surface area contributed by atoms with Gasteiger partial charge in [0.1, 0.15) is 5.82 Å². The van der Waals surface area contributed by atoms with Gasteiger partial charge in [-0.05, 0) is 32.5 Å². The summed E-state index contributed by atoms with van der Waals surface area (Å²) >= 11 is 5.87. The lowest BCUT2D eigenvalue weighted by atomic mass is 10.0. The van der Waals surface area contributed by atoms with E-state index in [1.165, 1.54) is 6.07 Å². The predicted molar refractivity (Wildman–Crippen MR) is 64.0 cm³/mol. The standard InChI is InChI=1S/C12H17ClFNO/c1-12(2,8-16)15(3)7-9-5-4-6-10(14)11(9)13/h4-6,16H,7-8H2,1-3H3. The van der Waals surface area contributed by atoms with Crippen molar-refractivity contribution in [2.45, 2.75) is 25.9 Å². The van der Waals surface area contributed by atoms with Crippen molar-refractivity contribution in [3.05, 3.63) is 34.6 Å². The number of hydrogen-bond donors (Lipinski definition) is 1. The molecule has 0 aromatic heterocycles. The molecule has 0 saturated carbocycles. The van der Waals surface area contributed by atoms with E-state index in [1.54, 1.807) is 12.1 Å². The third-order valence-electron chi connectivity index (χ3n) is 2.86. The van der Waals surface area contributed by atoms with Crippen LogP contribution in [0, 0.1) is 5.82 Å². The van der Waals surface area contributed by atoms with E-state index in [0.717, 1.165) is 5.56 Å². The molecule has 0 bridgehead atoms. The number of benzene rings is 1. The highest BCUT2D eigenvalue weighted by Crippen LogP contribution is 2.23. The lowest BCUT2D eigenvalue weighted by molar-refractivity contribution is 0.0733. The van der Waals surface area contributed by atoms with Gasteiger partial charge in [-0.1, -0.05) is 23.7 Å². The topological polar surface area (TPSA) is 23.5 Å². The van der Waals surface area contributed by atoms with Gasteiger partial charge < -0.3 is 5.11 Å². The molecule has 0 aliphatic rings. The molecule has 0 fully saturated rings. The van der Waals surface area contributed by atoms with Gasteiger partial charge in [-0.2, -0.15) is 0 Å². The molecule has 2 nitrogen and oxygen atoms in total. The molecule has 16 heavy (non-hydrogen) atoms. The monoisotopic (exact) mass is 245 g/mol. The Kier molecular flexibility index (Phi) is 4.30. The summed E-state index contributed by atoms with van der Waals surface area (Å²) in [5.74, 6) is -0.408.